The van der Waals surface area contributed by atoms with E-state index in [0.717, 1.165) is 16.9 Å². The second kappa shape index (κ2) is 6.48. The van der Waals surface area contributed by atoms with E-state index in [1.807, 2.05) is 24.3 Å². The minimum absolute atomic E-state index is 0.154. The van der Waals surface area contributed by atoms with Gasteiger partial charge in [0.15, 0.2) is 0 Å². The molecule has 0 aliphatic rings. The first kappa shape index (κ1) is 12.1. The molecule has 3 nitrogen and oxygen atoms in total. The summed E-state index contributed by atoms with van der Waals surface area (Å²) in [5, 5.41) is 0. The molecule has 0 heterocycles. The number of thioether (sulfide) groups is 1. The van der Waals surface area contributed by atoms with Crippen LogP contribution in [0.3, 0.4) is 0 Å². The van der Waals surface area contributed by atoms with Crippen molar-refractivity contribution in [2.75, 3.05) is 14.2 Å². The van der Waals surface area contributed by atoms with Gasteiger partial charge in [-0.2, -0.15) is 0 Å². The summed E-state index contributed by atoms with van der Waals surface area (Å²) in [6.07, 6.45) is 1.23. The molecule has 0 saturated heterocycles. The highest BCUT2D eigenvalue weighted by molar-refractivity contribution is 7.99. The Morgan fingerprint density at radius 2 is 2.13 bits per heavy atom. The minimum Gasteiger partial charge on any atom is -0.496 e. The van der Waals surface area contributed by atoms with E-state index < -0.39 is 0 Å². The van der Waals surface area contributed by atoms with Crippen molar-refractivity contribution in [3.05, 3.63) is 24.3 Å². The third-order valence-electron chi connectivity index (χ3n) is 1.88. The highest BCUT2D eigenvalue weighted by atomic mass is 32.2. The molecule has 1 aromatic rings. The summed E-state index contributed by atoms with van der Waals surface area (Å²) in [6.45, 7) is 0. The molecule has 1 rings (SSSR count). The van der Waals surface area contributed by atoms with E-state index in [0.29, 0.717) is 6.42 Å². The maximum atomic E-state index is 10.4. The predicted molar refractivity (Wildman–Crippen MR) is 60.3 cm³/mol. The molecule has 15 heavy (non-hydrogen) atoms. The van der Waals surface area contributed by atoms with Crippen LogP contribution < -0.4 is 4.74 Å². The Balaban J connectivity index is 2.73. The predicted octanol–water partition coefficient (Wildman–Crippen LogP) is 2.35. The van der Waals surface area contributed by atoms with Gasteiger partial charge in [0.2, 0.25) is 0 Å². The molecule has 0 saturated carbocycles. The molecule has 0 aliphatic heterocycles. The number of benzene rings is 1. The van der Waals surface area contributed by atoms with Gasteiger partial charge in [-0.15, -0.1) is 0 Å². The van der Waals surface area contributed by atoms with E-state index >= 15 is 0 Å². The van der Waals surface area contributed by atoms with Gasteiger partial charge in [0.25, 0.3) is 0 Å². The first-order chi connectivity index (χ1) is 7.31. The summed E-state index contributed by atoms with van der Waals surface area (Å²) in [7, 11) is 3.22. The summed E-state index contributed by atoms with van der Waals surface area (Å²) in [5.74, 6) is 0.801. The van der Waals surface area contributed by atoms with Gasteiger partial charge in [-0.25, -0.2) is 0 Å². The average molecular weight is 226 g/mol. The van der Waals surface area contributed by atoms with E-state index in [-0.39, 0.29) is 5.44 Å². The van der Waals surface area contributed by atoms with Crippen LogP contribution in [0.1, 0.15) is 6.42 Å². The molecule has 0 spiro atoms. The van der Waals surface area contributed by atoms with Crippen molar-refractivity contribution in [3.8, 4) is 5.75 Å². The lowest BCUT2D eigenvalue weighted by molar-refractivity contribution is -0.108. The quantitative estimate of drug-likeness (QED) is 0.424. The smallest absolute Gasteiger partial charge is 0.132 e. The fourth-order valence-corrected chi connectivity index (χ4v) is 2.11. The molecule has 0 aliphatic carbocycles. The number of carbonyl (C=O) groups excluding carboxylic acids is 1. The number of hydrogen-bond donors (Lipinski definition) is 0. The first-order valence-corrected chi connectivity index (χ1v) is 5.46. The zero-order valence-corrected chi connectivity index (χ0v) is 9.62. The lowest BCUT2D eigenvalue weighted by atomic mass is 10.3. The topological polar surface area (TPSA) is 35.5 Å². The zero-order chi connectivity index (χ0) is 11.1. The van der Waals surface area contributed by atoms with Crippen molar-refractivity contribution in [3.63, 3.8) is 0 Å². The third kappa shape index (κ3) is 3.57. The fourth-order valence-electron chi connectivity index (χ4n) is 1.13. The SMILES string of the molecule is COc1ccccc1SC(CC=O)OC. The van der Waals surface area contributed by atoms with Gasteiger partial charge in [0.1, 0.15) is 17.5 Å². The van der Waals surface area contributed by atoms with Gasteiger partial charge in [0, 0.05) is 13.5 Å². The van der Waals surface area contributed by atoms with Crippen LogP contribution >= 0.6 is 11.8 Å². The number of carbonyl (C=O) groups is 1. The Hall–Kier alpha value is -1.00. The van der Waals surface area contributed by atoms with Crippen LogP contribution in [0.5, 0.6) is 5.75 Å². The summed E-state index contributed by atoms with van der Waals surface area (Å²) >= 11 is 1.49. The van der Waals surface area contributed by atoms with Crippen LogP contribution in [-0.2, 0) is 9.53 Å². The molecule has 0 radical (unpaired) electrons. The van der Waals surface area contributed by atoms with E-state index in [1.54, 1.807) is 14.2 Å². The lowest BCUT2D eigenvalue weighted by Crippen LogP contribution is -2.05. The van der Waals surface area contributed by atoms with Gasteiger partial charge in [-0.05, 0) is 12.1 Å². The standard InChI is InChI=1S/C11H14O3S/c1-13-9-5-3-4-6-10(9)15-11(14-2)7-8-12/h3-6,8,11H,7H2,1-2H3. The highest BCUT2D eigenvalue weighted by Crippen LogP contribution is 2.32. The second-order valence-electron chi connectivity index (χ2n) is 2.84. The van der Waals surface area contributed by atoms with E-state index in [4.69, 9.17) is 9.47 Å². The molecule has 0 aromatic heterocycles. The molecule has 1 aromatic carbocycles. The van der Waals surface area contributed by atoms with Crippen molar-refractivity contribution in [2.45, 2.75) is 16.8 Å². The van der Waals surface area contributed by atoms with E-state index in [2.05, 4.69) is 0 Å². The Bertz CT molecular complexity index is 314. The molecule has 82 valence electrons. The van der Waals surface area contributed by atoms with Gasteiger partial charge < -0.3 is 14.3 Å². The largest absolute Gasteiger partial charge is 0.496 e. The Kier molecular flexibility index (Phi) is 5.21. The molecule has 4 heteroatoms. The normalized spacial score (nSPS) is 12.1. The zero-order valence-electron chi connectivity index (χ0n) is 8.80. The number of ether oxygens (including phenoxy) is 2. The molecule has 0 N–H and O–H groups in total. The van der Waals surface area contributed by atoms with Crippen molar-refractivity contribution in [1.29, 1.82) is 0 Å². The van der Waals surface area contributed by atoms with Gasteiger partial charge in [-0.1, -0.05) is 23.9 Å². The van der Waals surface area contributed by atoms with E-state index in [9.17, 15) is 4.79 Å². The van der Waals surface area contributed by atoms with Crippen LogP contribution in [-0.4, -0.2) is 25.9 Å². The van der Waals surface area contributed by atoms with Crippen molar-refractivity contribution in [1.82, 2.24) is 0 Å². The third-order valence-corrected chi connectivity index (χ3v) is 3.12. The van der Waals surface area contributed by atoms with Gasteiger partial charge in [-0.3, -0.25) is 0 Å². The molecule has 1 atom stereocenters. The first-order valence-electron chi connectivity index (χ1n) is 4.58. The summed E-state index contributed by atoms with van der Waals surface area (Å²) in [4.78, 5) is 11.4. The van der Waals surface area contributed by atoms with Gasteiger partial charge >= 0.3 is 0 Å². The monoisotopic (exact) mass is 226 g/mol. The summed E-state index contributed by atoms with van der Waals surface area (Å²) < 4.78 is 10.4. The molecular formula is C11H14O3S. The van der Waals surface area contributed by atoms with Crippen LogP contribution in [0.2, 0.25) is 0 Å². The molecule has 1 unspecified atom stereocenters. The maximum Gasteiger partial charge on any atom is 0.132 e. The van der Waals surface area contributed by atoms with Crippen molar-refractivity contribution < 1.29 is 14.3 Å². The van der Waals surface area contributed by atoms with Crippen LogP contribution in [0.25, 0.3) is 0 Å². The molecule has 0 amide bonds. The molecular weight excluding hydrogens is 212 g/mol. The van der Waals surface area contributed by atoms with Crippen molar-refractivity contribution in [2.24, 2.45) is 0 Å². The average Bonchev–Trinajstić information content (AvgIpc) is 2.29. The Morgan fingerprint density at radius 3 is 2.73 bits per heavy atom. The van der Waals surface area contributed by atoms with Crippen LogP contribution in [0.15, 0.2) is 29.2 Å². The molecule has 0 bridgehead atoms. The van der Waals surface area contributed by atoms with E-state index in [1.165, 1.54) is 11.8 Å². The number of rotatable bonds is 6. The Morgan fingerprint density at radius 1 is 1.40 bits per heavy atom. The second-order valence-corrected chi connectivity index (χ2v) is 4.04. The minimum atomic E-state index is -0.154. The van der Waals surface area contributed by atoms with Crippen LogP contribution in [0.4, 0.5) is 0 Å². The van der Waals surface area contributed by atoms with Crippen molar-refractivity contribution >= 4 is 18.0 Å². The highest BCUT2D eigenvalue weighted by Gasteiger charge is 2.11. The van der Waals surface area contributed by atoms with Crippen LogP contribution in [0, 0.1) is 0 Å². The summed E-state index contributed by atoms with van der Waals surface area (Å²) in [5.41, 5.74) is -0.154. The number of para-hydroxylation sites is 1. The maximum absolute atomic E-state index is 10.4. The lowest BCUT2D eigenvalue weighted by Gasteiger charge is -2.13. The number of hydrogen-bond acceptors (Lipinski definition) is 4. The fraction of sp³-hybridized carbons (Fsp3) is 0.364. The number of methoxy groups -OCH3 is 2. The Labute approximate surface area is 93.8 Å². The number of aldehydes is 1. The summed E-state index contributed by atoms with van der Waals surface area (Å²) in [6, 6.07) is 7.67. The molecule has 0 fully saturated rings. The van der Waals surface area contributed by atoms with Gasteiger partial charge in [0.05, 0.1) is 12.0 Å².